The van der Waals surface area contributed by atoms with Crippen molar-refractivity contribution < 1.29 is 4.39 Å². The molecule has 0 aliphatic carbocycles. The SMILES string of the molecule is CC(C)(C)c1ccc(-c2n[nH]c(=S)n2/N=C/c2ccc(F)cc2)cc1. The van der Waals surface area contributed by atoms with E-state index in [1.54, 1.807) is 23.0 Å². The van der Waals surface area contributed by atoms with Crippen molar-refractivity contribution in [3.8, 4) is 11.4 Å². The van der Waals surface area contributed by atoms with Crippen molar-refractivity contribution in [2.45, 2.75) is 26.2 Å². The van der Waals surface area contributed by atoms with Gasteiger partial charge >= 0.3 is 0 Å². The van der Waals surface area contributed by atoms with Crippen LogP contribution in [0.3, 0.4) is 0 Å². The molecule has 25 heavy (non-hydrogen) atoms. The van der Waals surface area contributed by atoms with Gasteiger partial charge in [-0.1, -0.05) is 57.2 Å². The number of benzene rings is 2. The predicted molar refractivity (Wildman–Crippen MR) is 101 cm³/mol. The monoisotopic (exact) mass is 354 g/mol. The Bertz CT molecular complexity index is 945. The standard InChI is InChI=1S/C19H19FN4S/c1-19(2,3)15-8-6-14(7-9-15)17-22-23-18(25)24(17)21-12-13-4-10-16(20)11-5-13/h4-12H,1-3H3,(H,23,25)/b21-12+. The second-order valence-corrected chi connectivity index (χ2v) is 7.17. The first kappa shape index (κ1) is 17.2. The van der Waals surface area contributed by atoms with Gasteiger partial charge < -0.3 is 0 Å². The van der Waals surface area contributed by atoms with Crippen LogP contribution in [0.25, 0.3) is 11.4 Å². The number of hydrogen-bond acceptors (Lipinski definition) is 3. The van der Waals surface area contributed by atoms with Crippen molar-refractivity contribution in [2.24, 2.45) is 5.10 Å². The number of nitrogens with one attached hydrogen (secondary N) is 1. The van der Waals surface area contributed by atoms with E-state index in [0.717, 1.165) is 11.1 Å². The molecule has 0 amide bonds. The maximum atomic E-state index is 13.0. The fourth-order valence-corrected chi connectivity index (χ4v) is 2.56. The van der Waals surface area contributed by atoms with Crippen LogP contribution < -0.4 is 0 Å². The van der Waals surface area contributed by atoms with Gasteiger partial charge in [0.05, 0.1) is 6.21 Å². The highest BCUT2D eigenvalue weighted by molar-refractivity contribution is 7.71. The lowest BCUT2D eigenvalue weighted by atomic mass is 9.87. The van der Waals surface area contributed by atoms with E-state index in [1.807, 2.05) is 12.1 Å². The van der Waals surface area contributed by atoms with Crippen molar-refractivity contribution in [3.05, 3.63) is 70.2 Å². The molecule has 1 heterocycles. The minimum absolute atomic E-state index is 0.0873. The van der Waals surface area contributed by atoms with Gasteiger partial charge in [-0.25, -0.2) is 9.49 Å². The summed E-state index contributed by atoms with van der Waals surface area (Å²) in [5, 5.41) is 11.4. The normalized spacial score (nSPS) is 12.0. The number of halogens is 1. The van der Waals surface area contributed by atoms with Crippen LogP contribution in [0.1, 0.15) is 31.9 Å². The summed E-state index contributed by atoms with van der Waals surface area (Å²) >= 11 is 5.27. The lowest BCUT2D eigenvalue weighted by Gasteiger charge is -2.18. The molecule has 0 saturated heterocycles. The summed E-state index contributed by atoms with van der Waals surface area (Å²) in [6, 6.07) is 14.3. The number of nitrogens with zero attached hydrogens (tertiary/aromatic N) is 3. The maximum Gasteiger partial charge on any atom is 0.216 e. The Hall–Kier alpha value is -2.60. The molecule has 0 fully saturated rings. The summed E-state index contributed by atoms with van der Waals surface area (Å²) in [4.78, 5) is 0. The van der Waals surface area contributed by atoms with Crippen molar-refractivity contribution in [3.63, 3.8) is 0 Å². The quantitative estimate of drug-likeness (QED) is 0.536. The Morgan fingerprint density at radius 1 is 1.08 bits per heavy atom. The summed E-state index contributed by atoms with van der Waals surface area (Å²) < 4.78 is 14.9. The minimum Gasteiger partial charge on any atom is -0.250 e. The lowest BCUT2D eigenvalue weighted by molar-refractivity contribution is 0.590. The minimum atomic E-state index is -0.281. The molecule has 4 nitrogen and oxygen atoms in total. The topological polar surface area (TPSA) is 46.0 Å². The molecule has 0 saturated carbocycles. The molecule has 0 aliphatic rings. The van der Waals surface area contributed by atoms with Gasteiger partial charge in [-0.05, 0) is 40.9 Å². The zero-order chi connectivity index (χ0) is 18.0. The Balaban J connectivity index is 1.94. The van der Waals surface area contributed by atoms with Gasteiger partial charge in [-0.15, -0.1) is 0 Å². The van der Waals surface area contributed by atoms with Crippen LogP contribution in [0.4, 0.5) is 4.39 Å². The smallest absolute Gasteiger partial charge is 0.216 e. The zero-order valence-electron chi connectivity index (χ0n) is 14.3. The van der Waals surface area contributed by atoms with E-state index in [1.165, 1.54) is 17.7 Å². The van der Waals surface area contributed by atoms with Gasteiger partial charge in [0.25, 0.3) is 0 Å². The van der Waals surface area contributed by atoms with Gasteiger partial charge in [-0.3, -0.25) is 0 Å². The third-order valence-corrected chi connectivity index (χ3v) is 4.12. The van der Waals surface area contributed by atoms with Gasteiger partial charge in [-0.2, -0.15) is 14.9 Å². The van der Waals surface area contributed by atoms with Crippen LogP contribution in [0.2, 0.25) is 0 Å². The molecule has 1 aromatic heterocycles. The number of aromatic nitrogens is 3. The summed E-state index contributed by atoms with van der Waals surface area (Å²) in [7, 11) is 0. The van der Waals surface area contributed by atoms with Crippen molar-refractivity contribution in [1.82, 2.24) is 14.9 Å². The predicted octanol–water partition coefficient (Wildman–Crippen LogP) is 4.93. The molecule has 128 valence electrons. The average Bonchev–Trinajstić information content (AvgIpc) is 2.94. The highest BCUT2D eigenvalue weighted by Gasteiger charge is 2.14. The molecular weight excluding hydrogens is 335 g/mol. The first-order chi connectivity index (χ1) is 11.8. The Kier molecular flexibility index (Phi) is 4.63. The van der Waals surface area contributed by atoms with Crippen LogP contribution in [0, 0.1) is 10.6 Å². The van der Waals surface area contributed by atoms with Crippen molar-refractivity contribution in [2.75, 3.05) is 0 Å². The van der Waals surface area contributed by atoms with Gasteiger partial charge in [0.2, 0.25) is 4.77 Å². The Morgan fingerprint density at radius 3 is 2.32 bits per heavy atom. The average molecular weight is 354 g/mol. The van der Waals surface area contributed by atoms with Gasteiger partial charge in [0.15, 0.2) is 5.82 Å². The van der Waals surface area contributed by atoms with E-state index in [2.05, 4.69) is 48.2 Å². The first-order valence-electron chi connectivity index (χ1n) is 7.93. The van der Waals surface area contributed by atoms with Crippen LogP contribution >= 0.6 is 12.2 Å². The molecule has 0 atom stereocenters. The number of hydrogen-bond donors (Lipinski definition) is 1. The van der Waals surface area contributed by atoms with E-state index in [9.17, 15) is 4.39 Å². The lowest BCUT2D eigenvalue weighted by Crippen LogP contribution is -2.10. The highest BCUT2D eigenvalue weighted by Crippen LogP contribution is 2.25. The number of aromatic amines is 1. The molecule has 0 aliphatic heterocycles. The molecule has 0 bridgehead atoms. The second kappa shape index (κ2) is 6.72. The van der Waals surface area contributed by atoms with Crippen molar-refractivity contribution >= 4 is 18.4 Å². The summed E-state index contributed by atoms with van der Waals surface area (Å²) in [5.41, 5.74) is 3.02. The van der Waals surface area contributed by atoms with E-state index >= 15 is 0 Å². The second-order valence-electron chi connectivity index (χ2n) is 6.79. The fraction of sp³-hybridized carbons (Fsp3) is 0.211. The molecule has 0 unspecified atom stereocenters. The molecule has 1 N–H and O–H groups in total. The largest absolute Gasteiger partial charge is 0.250 e. The Labute approximate surface area is 151 Å². The molecule has 6 heteroatoms. The van der Waals surface area contributed by atoms with E-state index in [0.29, 0.717) is 10.6 Å². The van der Waals surface area contributed by atoms with Gasteiger partial charge in [0, 0.05) is 5.56 Å². The summed E-state index contributed by atoms with van der Waals surface area (Å²) in [6.45, 7) is 6.52. The fourth-order valence-electron chi connectivity index (χ4n) is 2.38. The van der Waals surface area contributed by atoms with Crippen LogP contribution in [-0.2, 0) is 5.41 Å². The van der Waals surface area contributed by atoms with Gasteiger partial charge in [0.1, 0.15) is 5.82 Å². The maximum absolute atomic E-state index is 13.0. The summed E-state index contributed by atoms with van der Waals surface area (Å²) in [6.07, 6.45) is 1.62. The number of H-pyrrole nitrogens is 1. The summed E-state index contributed by atoms with van der Waals surface area (Å²) in [5.74, 6) is 0.348. The molecule has 0 radical (unpaired) electrons. The van der Waals surface area contributed by atoms with Crippen molar-refractivity contribution in [1.29, 1.82) is 0 Å². The van der Waals surface area contributed by atoms with E-state index in [-0.39, 0.29) is 11.2 Å². The molecule has 3 aromatic rings. The van der Waals surface area contributed by atoms with Crippen LogP contribution in [0.15, 0.2) is 53.6 Å². The van der Waals surface area contributed by atoms with E-state index < -0.39 is 0 Å². The molecule has 3 rings (SSSR count). The first-order valence-corrected chi connectivity index (χ1v) is 8.34. The Morgan fingerprint density at radius 2 is 1.72 bits per heavy atom. The molecule has 0 spiro atoms. The molecular formula is C19H19FN4S. The van der Waals surface area contributed by atoms with Crippen LogP contribution in [-0.4, -0.2) is 21.1 Å². The third kappa shape index (κ3) is 3.91. The molecule has 2 aromatic carbocycles. The number of rotatable bonds is 3. The van der Waals surface area contributed by atoms with Crippen LogP contribution in [0.5, 0.6) is 0 Å². The van der Waals surface area contributed by atoms with E-state index in [4.69, 9.17) is 12.2 Å². The third-order valence-electron chi connectivity index (χ3n) is 3.85. The highest BCUT2D eigenvalue weighted by atomic mass is 32.1. The zero-order valence-corrected chi connectivity index (χ0v) is 15.1.